The van der Waals surface area contributed by atoms with Gasteiger partial charge in [0.25, 0.3) is 0 Å². The van der Waals surface area contributed by atoms with Gasteiger partial charge in [0.15, 0.2) is 17.5 Å². The quantitative estimate of drug-likeness (QED) is 0.113. The molecule has 0 aromatic heterocycles. The second-order valence-corrected chi connectivity index (χ2v) is 9.22. The number of ether oxygens (including phenoxy) is 1. The molecule has 0 aliphatic rings. The van der Waals surface area contributed by atoms with E-state index in [0.717, 1.165) is 36.4 Å². The molecule has 0 radical (unpaired) electrons. The van der Waals surface area contributed by atoms with Crippen molar-refractivity contribution in [3.63, 3.8) is 0 Å². The van der Waals surface area contributed by atoms with E-state index in [1.54, 1.807) is 0 Å². The van der Waals surface area contributed by atoms with Gasteiger partial charge in [-0.15, -0.1) is 0 Å². The van der Waals surface area contributed by atoms with Gasteiger partial charge in [-0.25, -0.2) is 26.3 Å². The van der Waals surface area contributed by atoms with E-state index in [4.69, 9.17) is 11.1 Å². The zero-order valence-electron chi connectivity index (χ0n) is 21.1. The van der Waals surface area contributed by atoms with Crippen molar-refractivity contribution in [1.29, 1.82) is 5.41 Å². The second kappa shape index (κ2) is 12.1. The largest absolute Gasteiger partial charge is 0.429 e. The first kappa shape index (κ1) is 29.7. The highest BCUT2D eigenvalue weighted by molar-refractivity contribution is 5.72. The number of hydrogen-bond acceptors (Lipinski definition) is 3. The van der Waals surface area contributed by atoms with Gasteiger partial charge in [-0.3, -0.25) is 0 Å². The van der Waals surface area contributed by atoms with Gasteiger partial charge in [0.2, 0.25) is 0 Å². The topological polar surface area (TPSA) is 59.1 Å². The Morgan fingerprint density at radius 2 is 1.34 bits per heavy atom. The van der Waals surface area contributed by atoms with Crippen LogP contribution in [-0.2, 0) is 12.5 Å². The van der Waals surface area contributed by atoms with Crippen LogP contribution in [0.1, 0.15) is 17.5 Å². The number of nitrogens with two attached hydrogens (primary N) is 1. The summed E-state index contributed by atoms with van der Waals surface area (Å²) in [7, 11) is 0. The van der Waals surface area contributed by atoms with Crippen LogP contribution in [0.2, 0.25) is 0 Å². The zero-order valence-corrected chi connectivity index (χ0v) is 21.1. The highest BCUT2D eigenvalue weighted by atomic mass is 19.3. The Hall–Kier alpha value is -4.25. The first-order chi connectivity index (χ1) is 19.4. The summed E-state index contributed by atoms with van der Waals surface area (Å²) >= 11 is 0. The van der Waals surface area contributed by atoms with Crippen molar-refractivity contribution in [2.75, 3.05) is 6.54 Å². The van der Waals surface area contributed by atoms with Crippen molar-refractivity contribution in [3.05, 3.63) is 113 Å². The number of hydrogen-bond donors (Lipinski definition) is 2. The van der Waals surface area contributed by atoms with Gasteiger partial charge in [0.05, 0.1) is 5.56 Å². The Labute approximate surface area is 229 Å². The summed E-state index contributed by atoms with van der Waals surface area (Å²) in [5.41, 5.74) is 4.05. The molecule has 4 aromatic carbocycles. The highest BCUT2D eigenvalue weighted by Crippen LogP contribution is 2.36. The molecule has 3 nitrogen and oxygen atoms in total. The van der Waals surface area contributed by atoms with Gasteiger partial charge in [-0.05, 0) is 78.2 Å². The van der Waals surface area contributed by atoms with Gasteiger partial charge in [-0.2, -0.15) is 8.78 Å². The lowest BCUT2D eigenvalue weighted by Gasteiger charge is -2.20. The Morgan fingerprint density at radius 1 is 0.732 bits per heavy atom. The van der Waals surface area contributed by atoms with Crippen LogP contribution >= 0.6 is 0 Å². The van der Waals surface area contributed by atoms with Crippen molar-refractivity contribution >= 4 is 6.21 Å². The van der Waals surface area contributed by atoms with E-state index in [-0.39, 0.29) is 34.7 Å². The minimum absolute atomic E-state index is 0.0355. The third-order valence-electron chi connectivity index (χ3n) is 6.45. The molecule has 0 fully saturated rings. The smallest absolute Gasteiger partial charge is 0.429 e. The van der Waals surface area contributed by atoms with E-state index < -0.39 is 52.3 Å². The number of halogens is 8. The number of alkyl halides is 2. The lowest BCUT2D eigenvalue weighted by molar-refractivity contribution is -0.187. The summed E-state index contributed by atoms with van der Waals surface area (Å²) in [5.74, 6) is -8.91. The fourth-order valence-corrected chi connectivity index (χ4v) is 4.20. The van der Waals surface area contributed by atoms with Crippen molar-refractivity contribution in [2.45, 2.75) is 19.0 Å². The minimum Gasteiger partial charge on any atom is -0.429 e. The molecule has 1 atom stereocenters. The molecule has 0 aliphatic heterocycles. The molecular weight excluding hydrogens is 556 g/mol. The molecule has 1 unspecified atom stereocenters. The normalized spacial score (nSPS) is 12.3. The Kier molecular flexibility index (Phi) is 8.77. The SMILES string of the molecule is N=CC(CN)CCc1ccc(C(F)(F)Oc2ccc(-c3ccc(-c4cc(F)c(F)c(F)c4)c(F)c3)c(F)c2)c(F)c1. The van der Waals surface area contributed by atoms with E-state index >= 15 is 0 Å². The maximum Gasteiger partial charge on any atom is 0.429 e. The van der Waals surface area contributed by atoms with E-state index in [9.17, 15) is 35.1 Å². The van der Waals surface area contributed by atoms with E-state index in [1.165, 1.54) is 18.3 Å². The molecule has 0 saturated carbocycles. The summed E-state index contributed by atoms with van der Waals surface area (Å²) in [6, 6.07) is 10.1. The molecule has 0 saturated heterocycles. The van der Waals surface area contributed by atoms with E-state index in [1.807, 2.05) is 0 Å². The molecule has 214 valence electrons. The van der Waals surface area contributed by atoms with Crippen LogP contribution in [0.15, 0.2) is 66.7 Å². The lowest BCUT2D eigenvalue weighted by atomic mass is 9.99. The second-order valence-electron chi connectivity index (χ2n) is 9.22. The molecule has 3 N–H and O–H groups in total. The van der Waals surface area contributed by atoms with Crippen LogP contribution in [-0.4, -0.2) is 12.8 Å². The molecule has 11 heteroatoms. The fraction of sp³-hybridized carbons (Fsp3) is 0.167. The van der Waals surface area contributed by atoms with Gasteiger partial charge >= 0.3 is 6.11 Å². The molecule has 4 rings (SSSR count). The van der Waals surface area contributed by atoms with Crippen LogP contribution in [0.4, 0.5) is 35.1 Å². The summed E-state index contributed by atoms with van der Waals surface area (Å²) in [4.78, 5) is 0. The number of rotatable bonds is 10. The van der Waals surface area contributed by atoms with Crippen LogP contribution in [0.5, 0.6) is 5.75 Å². The lowest BCUT2D eigenvalue weighted by Crippen LogP contribution is -2.23. The molecule has 4 aromatic rings. The maximum atomic E-state index is 14.9. The van der Waals surface area contributed by atoms with Crippen LogP contribution < -0.4 is 10.5 Å². The van der Waals surface area contributed by atoms with Crippen molar-refractivity contribution < 1.29 is 39.9 Å². The highest BCUT2D eigenvalue weighted by Gasteiger charge is 2.38. The summed E-state index contributed by atoms with van der Waals surface area (Å²) < 4.78 is 119. The van der Waals surface area contributed by atoms with Crippen LogP contribution in [0, 0.1) is 46.2 Å². The fourth-order valence-electron chi connectivity index (χ4n) is 4.20. The molecule has 0 spiro atoms. The van der Waals surface area contributed by atoms with Crippen molar-refractivity contribution in [3.8, 4) is 28.0 Å². The molecule has 0 heterocycles. The third-order valence-corrected chi connectivity index (χ3v) is 6.45. The summed E-state index contributed by atoms with van der Waals surface area (Å²) in [6.45, 7) is 0.226. The third kappa shape index (κ3) is 6.57. The Bertz CT molecular complexity index is 1570. The number of benzene rings is 4. The average Bonchev–Trinajstić information content (AvgIpc) is 2.91. The van der Waals surface area contributed by atoms with Crippen LogP contribution in [0.25, 0.3) is 22.3 Å². The number of nitrogens with one attached hydrogen (secondary N) is 1. The van der Waals surface area contributed by atoms with Crippen LogP contribution in [0.3, 0.4) is 0 Å². The summed E-state index contributed by atoms with van der Waals surface area (Å²) in [6.07, 6.45) is -2.25. The molecule has 0 bridgehead atoms. The molecular formula is C30H22F8N2O. The van der Waals surface area contributed by atoms with Crippen molar-refractivity contribution in [1.82, 2.24) is 0 Å². The predicted octanol–water partition coefficient (Wildman–Crippen LogP) is 8.14. The monoisotopic (exact) mass is 578 g/mol. The number of aryl methyl sites for hydroxylation is 1. The minimum atomic E-state index is -4.17. The Balaban J connectivity index is 1.52. The van der Waals surface area contributed by atoms with Gasteiger partial charge in [0.1, 0.15) is 23.2 Å². The van der Waals surface area contributed by atoms with Gasteiger partial charge < -0.3 is 15.9 Å². The molecule has 41 heavy (non-hydrogen) atoms. The molecule has 0 amide bonds. The first-order valence-electron chi connectivity index (χ1n) is 12.2. The average molecular weight is 579 g/mol. The standard InChI is InChI=1S/C30H22F8N2O/c31-24-10-18(4-6-22(24)19-11-27(34)29(36)28(35)12-19)21-7-5-20(13-25(21)32)41-30(37,38)23-8-3-16(9-26(23)33)1-2-17(14-39)15-40/h3-14,17,39H,1-2,15,40H2. The Morgan fingerprint density at radius 3 is 1.93 bits per heavy atom. The van der Waals surface area contributed by atoms with E-state index in [0.29, 0.717) is 36.6 Å². The van der Waals surface area contributed by atoms with Gasteiger partial charge in [0, 0.05) is 29.7 Å². The maximum absolute atomic E-state index is 14.9. The predicted molar refractivity (Wildman–Crippen MR) is 138 cm³/mol. The summed E-state index contributed by atoms with van der Waals surface area (Å²) in [5, 5.41) is 7.27. The van der Waals surface area contributed by atoms with Crippen molar-refractivity contribution in [2.24, 2.45) is 11.7 Å². The zero-order chi connectivity index (χ0) is 29.9. The van der Waals surface area contributed by atoms with E-state index in [2.05, 4.69) is 4.74 Å². The van der Waals surface area contributed by atoms with Gasteiger partial charge in [-0.1, -0.05) is 18.2 Å². The molecule has 0 aliphatic carbocycles. The first-order valence-corrected chi connectivity index (χ1v) is 12.2.